The van der Waals surface area contributed by atoms with Gasteiger partial charge in [0.2, 0.25) is 0 Å². The van der Waals surface area contributed by atoms with Gasteiger partial charge < -0.3 is 14.2 Å². The fourth-order valence-corrected chi connectivity index (χ4v) is 2.35. The fourth-order valence-electron chi connectivity index (χ4n) is 2.35. The van der Waals surface area contributed by atoms with Crippen molar-refractivity contribution in [2.45, 2.75) is 0 Å². The highest BCUT2D eigenvalue weighted by Crippen LogP contribution is 2.28. The maximum Gasteiger partial charge on any atom is 0.338 e. The number of nitriles is 1. The summed E-state index contributed by atoms with van der Waals surface area (Å²) < 4.78 is 15.7. The van der Waals surface area contributed by atoms with Crippen LogP contribution in [0.3, 0.4) is 0 Å². The summed E-state index contributed by atoms with van der Waals surface area (Å²) in [7, 11) is 1.45. The molecule has 0 atom stereocenters. The van der Waals surface area contributed by atoms with Gasteiger partial charge in [0.05, 0.1) is 18.7 Å². The second-order valence-corrected chi connectivity index (χ2v) is 5.51. The largest absolute Gasteiger partial charge is 0.493 e. The molecule has 1 amide bonds. The van der Waals surface area contributed by atoms with Gasteiger partial charge in [0.15, 0.2) is 18.1 Å². The zero-order valence-corrected chi connectivity index (χ0v) is 15.5. The van der Waals surface area contributed by atoms with Crippen molar-refractivity contribution in [1.29, 1.82) is 5.26 Å². The van der Waals surface area contributed by atoms with Crippen LogP contribution in [0.4, 0.5) is 5.69 Å². The van der Waals surface area contributed by atoms with Crippen LogP contribution in [0.2, 0.25) is 0 Å². The molecule has 0 bridgehead atoms. The Morgan fingerprint density at radius 3 is 2.57 bits per heavy atom. The van der Waals surface area contributed by atoms with E-state index in [1.54, 1.807) is 42.5 Å². The Balaban J connectivity index is 2.05. The highest BCUT2D eigenvalue weighted by molar-refractivity contribution is 5.97. The van der Waals surface area contributed by atoms with E-state index in [9.17, 15) is 9.59 Å². The summed E-state index contributed by atoms with van der Waals surface area (Å²) in [5.41, 5.74) is 0.762. The molecule has 2 aromatic rings. The number of amides is 1. The normalized spacial score (nSPS) is 9.71. The molecule has 7 heteroatoms. The van der Waals surface area contributed by atoms with Gasteiger partial charge in [-0.15, -0.1) is 0 Å². The third-order valence-corrected chi connectivity index (χ3v) is 3.68. The third kappa shape index (κ3) is 5.35. The van der Waals surface area contributed by atoms with Crippen LogP contribution in [0.25, 0.3) is 0 Å². The number of methoxy groups -OCH3 is 1. The van der Waals surface area contributed by atoms with Gasteiger partial charge in [-0.05, 0) is 30.3 Å². The lowest BCUT2D eigenvalue weighted by molar-refractivity contribution is -0.121. The van der Waals surface area contributed by atoms with Crippen LogP contribution in [-0.4, -0.2) is 38.7 Å². The van der Waals surface area contributed by atoms with Crippen molar-refractivity contribution in [3.05, 3.63) is 66.7 Å². The van der Waals surface area contributed by atoms with Gasteiger partial charge in [-0.3, -0.25) is 9.69 Å². The number of nitrogens with zero attached hydrogens (tertiary/aromatic N) is 2. The highest BCUT2D eigenvalue weighted by atomic mass is 16.5. The van der Waals surface area contributed by atoms with Gasteiger partial charge >= 0.3 is 5.97 Å². The summed E-state index contributed by atoms with van der Waals surface area (Å²) in [4.78, 5) is 25.9. The molecule has 0 aliphatic carbocycles. The van der Waals surface area contributed by atoms with Gasteiger partial charge in [-0.2, -0.15) is 5.26 Å². The molecular formula is C21H20N2O5. The van der Waals surface area contributed by atoms with Gasteiger partial charge in [0.25, 0.3) is 5.91 Å². The average Bonchev–Trinajstić information content (AvgIpc) is 2.74. The van der Waals surface area contributed by atoms with E-state index in [0.29, 0.717) is 23.8 Å². The molecule has 0 heterocycles. The minimum Gasteiger partial charge on any atom is -0.493 e. The molecular weight excluding hydrogens is 360 g/mol. The first-order valence-corrected chi connectivity index (χ1v) is 8.42. The number of benzene rings is 2. The van der Waals surface area contributed by atoms with E-state index >= 15 is 0 Å². The minimum absolute atomic E-state index is 0.149. The molecule has 0 saturated heterocycles. The van der Waals surface area contributed by atoms with Crippen LogP contribution in [0.15, 0.2) is 61.2 Å². The summed E-state index contributed by atoms with van der Waals surface area (Å²) in [6.45, 7) is 3.22. The lowest BCUT2D eigenvalue weighted by atomic mass is 10.2. The third-order valence-electron chi connectivity index (χ3n) is 3.68. The number of carbonyl (C=O) groups excluding carboxylic acids is 2. The van der Waals surface area contributed by atoms with E-state index in [4.69, 9.17) is 19.5 Å². The van der Waals surface area contributed by atoms with Gasteiger partial charge in [0.1, 0.15) is 13.2 Å². The molecule has 7 nitrogen and oxygen atoms in total. The van der Waals surface area contributed by atoms with Crippen molar-refractivity contribution in [2.75, 3.05) is 31.8 Å². The van der Waals surface area contributed by atoms with Crippen molar-refractivity contribution in [2.24, 2.45) is 0 Å². The van der Waals surface area contributed by atoms with Crippen molar-refractivity contribution < 1.29 is 23.8 Å². The second-order valence-electron chi connectivity index (χ2n) is 5.51. The Hall–Kier alpha value is -3.79. The highest BCUT2D eigenvalue weighted by Gasteiger charge is 2.19. The van der Waals surface area contributed by atoms with Crippen LogP contribution >= 0.6 is 0 Å². The molecule has 2 rings (SSSR count). The zero-order valence-electron chi connectivity index (χ0n) is 15.5. The maximum atomic E-state index is 12.4. The molecule has 0 aromatic heterocycles. The standard InChI is InChI=1S/C21H20N2O5/c1-3-13-27-18-10-9-16(14-19(18)26-2)21(25)28-15-20(24)23(12-11-22)17-7-5-4-6-8-17/h3-10,14H,1,12-13,15H2,2H3. The fraction of sp³-hybridized carbons (Fsp3) is 0.190. The molecule has 0 aliphatic rings. The van der Waals surface area contributed by atoms with Crippen molar-refractivity contribution >= 4 is 17.6 Å². The van der Waals surface area contributed by atoms with E-state index in [2.05, 4.69) is 6.58 Å². The van der Waals surface area contributed by atoms with Gasteiger partial charge in [-0.25, -0.2) is 4.79 Å². The minimum atomic E-state index is -0.688. The second kappa shape index (κ2) is 10.4. The predicted octanol–water partition coefficient (Wildman–Crippen LogP) is 2.97. The molecule has 2 aromatic carbocycles. The van der Waals surface area contributed by atoms with E-state index in [1.807, 2.05) is 6.07 Å². The molecule has 0 unspecified atom stereocenters. The number of ether oxygens (including phenoxy) is 3. The SMILES string of the molecule is C=CCOc1ccc(C(=O)OCC(=O)N(CC#N)c2ccccc2)cc1OC. The van der Waals surface area contributed by atoms with Crippen LogP contribution in [0.5, 0.6) is 11.5 Å². The van der Waals surface area contributed by atoms with E-state index < -0.39 is 18.5 Å². The van der Waals surface area contributed by atoms with Crippen LogP contribution in [0, 0.1) is 11.3 Å². The number of para-hydroxylation sites is 1. The van der Waals surface area contributed by atoms with Crippen molar-refractivity contribution in [3.8, 4) is 17.6 Å². The maximum absolute atomic E-state index is 12.4. The predicted molar refractivity (Wildman–Crippen MR) is 103 cm³/mol. The number of anilines is 1. The Morgan fingerprint density at radius 2 is 1.93 bits per heavy atom. The number of carbonyl (C=O) groups is 2. The molecule has 0 aliphatic heterocycles. The lowest BCUT2D eigenvalue weighted by Gasteiger charge is -2.19. The van der Waals surface area contributed by atoms with Crippen LogP contribution in [0.1, 0.15) is 10.4 Å². The quantitative estimate of drug-likeness (QED) is 0.377. The monoisotopic (exact) mass is 380 g/mol. The lowest BCUT2D eigenvalue weighted by Crippen LogP contribution is -2.35. The Bertz CT molecular complexity index is 874. The first-order valence-electron chi connectivity index (χ1n) is 8.42. The van der Waals surface area contributed by atoms with E-state index in [0.717, 1.165) is 0 Å². The smallest absolute Gasteiger partial charge is 0.338 e. The van der Waals surface area contributed by atoms with Crippen molar-refractivity contribution in [3.63, 3.8) is 0 Å². The molecule has 0 saturated carbocycles. The van der Waals surface area contributed by atoms with E-state index in [-0.39, 0.29) is 12.1 Å². The van der Waals surface area contributed by atoms with Crippen LogP contribution < -0.4 is 14.4 Å². The zero-order chi connectivity index (χ0) is 20.4. The summed E-state index contributed by atoms with van der Waals surface area (Å²) in [6.07, 6.45) is 1.59. The van der Waals surface area contributed by atoms with Crippen LogP contribution in [-0.2, 0) is 9.53 Å². The van der Waals surface area contributed by atoms with Crippen molar-refractivity contribution in [1.82, 2.24) is 0 Å². The number of esters is 1. The molecule has 0 N–H and O–H groups in total. The first kappa shape index (κ1) is 20.5. The Kier molecular flexibility index (Phi) is 7.61. The summed E-state index contributed by atoms with van der Waals surface area (Å²) >= 11 is 0. The topological polar surface area (TPSA) is 88.9 Å². The first-order chi connectivity index (χ1) is 13.6. The van der Waals surface area contributed by atoms with Gasteiger partial charge in [-0.1, -0.05) is 30.9 Å². The molecule has 144 valence electrons. The molecule has 0 fully saturated rings. The number of hydrogen-bond donors (Lipinski definition) is 0. The number of rotatable bonds is 9. The summed E-state index contributed by atoms with van der Waals surface area (Å²) in [5.74, 6) is -0.372. The average molecular weight is 380 g/mol. The Morgan fingerprint density at radius 1 is 1.18 bits per heavy atom. The number of hydrogen-bond acceptors (Lipinski definition) is 6. The summed E-state index contributed by atoms with van der Waals surface area (Å²) in [6, 6.07) is 15.2. The molecule has 0 spiro atoms. The van der Waals surface area contributed by atoms with E-state index in [1.165, 1.54) is 24.1 Å². The molecule has 28 heavy (non-hydrogen) atoms. The van der Waals surface area contributed by atoms with Gasteiger partial charge in [0, 0.05) is 5.69 Å². The Labute approximate surface area is 163 Å². The molecule has 0 radical (unpaired) electrons. The summed E-state index contributed by atoms with van der Waals surface area (Å²) in [5, 5.41) is 8.96.